The van der Waals surface area contributed by atoms with E-state index in [1.165, 1.54) is 0 Å². The second-order valence-corrected chi connectivity index (χ2v) is 5.09. The number of hydrogen-bond donors (Lipinski definition) is 2. The Morgan fingerprint density at radius 1 is 1.50 bits per heavy atom. The maximum Gasteiger partial charge on any atom is 0.226 e. The summed E-state index contributed by atoms with van der Waals surface area (Å²) in [6.45, 7) is 4.99. The molecule has 0 saturated carbocycles. The van der Waals surface area contributed by atoms with Crippen molar-refractivity contribution >= 4 is 17.7 Å². The third kappa shape index (κ3) is 1.13. The Balaban J connectivity index is 2.17. The predicted octanol–water partition coefficient (Wildman–Crippen LogP) is 0.377. The molecule has 0 aromatic rings. The molecule has 2 rings (SSSR count). The lowest BCUT2D eigenvalue weighted by atomic mass is 9.90. The molecule has 4 unspecified atom stereocenters. The molecule has 0 aliphatic carbocycles. The fraction of sp³-hybridized carbons (Fsp3) is 0.875. The zero-order valence-electron chi connectivity index (χ0n) is 7.33. The van der Waals surface area contributed by atoms with Gasteiger partial charge in [0.15, 0.2) is 0 Å². The van der Waals surface area contributed by atoms with E-state index in [1.54, 1.807) is 0 Å². The van der Waals surface area contributed by atoms with E-state index in [4.69, 9.17) is 0 Å². The number of carbonyl (C=O) groups is 1. The molecule has 0 radical (unpaired) electrons. The van der Waals surface area contributed by atoms with E-state index in [0.717, 1.165) is 0 Å². The Morgan fingerprint density at radius 2 is 2.25 bits per heavy atom. The fourth-order valence-corrected chi connectivity index (χ4v) is 3.52. The van der Waals surface area contributed by atoms with Crippen LogP contribution in [0.2, 0.25) is 0 Å². The van der Waals surface area contributed by atoms with Crippen molar-refractivity contribution < 1.29 is 4.79 Å². The summed E-state index contributed by atoms with van der Waals surface area (Å²) < 4.78 is 0. The lowest BCUT2D eigenvalue weighted by Crippen LogP contribution is -2.53. The van der Waals surface area contributed by atoms with Crippen LogP contribution in [0.15, 0.2) is 0 Å². The van der Waals surface area contributed by atoms with Crippen LogP contribution in [0.5, 0.6) is 0 Å². The second-order valence-electron chi connectivity index (χ2n) is 3.57. The Hall–Kier alpha value is -0.220. The van der Waals surface area contributed by atoms with Gasteiger partial charge in [0.05, 0.1) is 18.0 Å². The van der Waals surface area contributed by atoms with E-state index >= 15 is 0 Å². The molecule has 2 aliphatic rings. The molecule has 12 heavy (non-hydrogen) atoms. The number of hydrogen-bond acceptors (Lipinski definition) is 3. The SMILES string of the molecule is CC1SC2NCNC(=O)C2C1C. The van der Waals surface area contributed by atoms with Crippen LogP contribution in [0, 0.1) is 11.8 Å². The van der Waals surface area contributed by atoms with E-state index in [2.05, 4.69) is 24.5 Å². The topological polar surface area (TPSA) is 41.1 Å². The van der Waals surface area contributed by atoms with Crippen molar-refractivity contribution in [2.45, 2.75) is 24.5 Å². The Kier molecular flexibility index (Phi) is 2.04. The summed E-state index contributed by atoms with van der Waals surface area (Å²) in [5.74, 6) is 0.898. The lowest BCUT2D eigenvalue weighted by molar-refractivity contribution is -0.128. The number of carbonyl (C=O) groups excluding carboxylic acids is 1. The highest BCUT2D eigenvalue weighted by molar-refractivity contribution is 8.00. The van der Waals surface area contributed by atoms with Crippen LogP contribution in [-0.4, -0.2) is 23.2 Å². The third-order valence-electron chi connectivity index (χ3n) is 2.86. The third-order valence-corrected chi connectivity index (χ3v) is 4.47. The molecule has 2 aliphatic heterocycles. The quantitative estimate of drug-likeness (QED) is 0.574. The molecule has 2 N–H and O–H groups in total. The minimum absolute atomic E-state index is 0.179. The van der Waals surface area contributed by atoms with Crippen LogP contribution in [0.1, 0.15) is 13.8 Å². The molecule has 68 valence electrons. The molecule has 0 spiro atoms. The fourth-order valence-electron chi connectivity index (χ4n) is 1.92. The van der Waals surface area contributed by atoms with E-state index in [1.807, 2.05) is 11.8 Å². The molecule has 4 atom stereocenters. The number of amides is 1. The van der Waals surface area contributed by atoms with Crippen LogP contribution in [0.4, 0.5) is 0 Å². The van der Waals surface area contributed by atoms with Gasteiger partial charge in [0.25, 0.3) is 0 Å². The molecule has 2 heterocycles. The van der Waals surface area contributed by atoms with Crippen LogP contribution >= 0.6 is 11.8 Å². The normalized spacial score (nSPS) is 47.0. The molecular weight excluding hydrogens is 172 g/mol. The molecule has 3 nitrogen and oxygen atoms in total. The average Bonchev–Trinajstić information content (AvgIpc) is 2.29. The molecule has 4 heteroatoms. The van der Waals surface area contributed by atoms with Crippen LogP contribution in [0.25, 0.3) is 0 Å². The highest BCUT2D eigenvalue weighted by atomic mass is 32.2. The van der Waals surface area contributed by atoms with Crippen LogP contribution in [0.3, 0.4) is 0 Å². The highest BCUT2D eigenvalue weighted by Gasteiger charge is 2.44. The Labute approximate surface area is 76.7 Å². The van der Waals surface area contributed by atoms with Crippen molar-refractivity contribution in [3.05, 3.63) is 0 Å². The van der Waals surface area contributed by atoms with Gasteiger partial charge in [-0.1, -0.05) is 13.8 Å². The van der Waals surface area contributed by atoms with E-state index in [-0.39, 0.29) is 11.8 Å². The van der Waals surface area contributed by atoms with Gasteiger partial charge in [0.1, 0.15) is 0 Å². The van der Waals surface area contributed by atoms with Gasteiger partial charge in [0, 0.05) is 5.25 Å². The zero-order chi connectivity index (χ0) is 8.72. The van der Waals surface area contributed by atoms with Crippen molar-refractivity contribution in [2.24, 2.45) is 11.8 Å². The van der Waals surface area contributed by atoms with Gasteiger partial charge in [-0.2, -0.15) is 0 Å². The number of nitrogens with one attached hydrogen (secondary N) is 2. The zero-order valence-corrected chi connectivity index (χ0v) is 8.15. The minimum Gasteiger partial charge on any atom is -0.343 e. The van der Waals surface area contributed by atoms with Gasteiger partial charge in [-0.25, -0.2) is 0 Å². The van der Waals surface area contributed by atoms with Crippen LogP contribution < -0.4 is 10.6 Å². The Morgan fingerprint density at radius 3 is 2.92 bits per heavy atom. The van der Waals surface area contributed by atoms with Gasteiger partial charge in [-0.05, 0) is 5.92 Å². The molecule has 0 bridgehead atoms. The van der Waals surface area contributed by atoms with E-state index < -0.39 is 0 Å². The first kappa shape index (κ1) is 8.38. The summed E-state index contributed by atoms with van der Waals surface area (Å²) >= 11 is 1.89. The second kappa shape index (κ2) is 2.92. The molecule has 2 saturated heterocycles. The van der Waals surface area contributed by atoms with Crippen molar-refractivity contribution in [3.8, 4) is 0 Å². The first-order valence-electron chi connectivity index (χ1n) is 4.36. The summed E-state index contributed by atoms with van der Waals surface area (Å²) in [4.78, 5) is 11.5. The van der Waals surface area contributed by atoms with Crippen molar-refractivity contribution in [2.75, 3.05) is 6.67 Å². The molecule has 0 aromatic heterocycles. The standard InChI is InChI=1S/C8H14N2OS/c1-4-5(2)12-8-6(4)7(11)9-3-10-8/h4-6,8,10H,3H2,1-2H3,(H,9,11). The maximum absolute atomic E-state index is 11.5. The van der Waals surface area contributed by atoms with E-state index in [0.29, 0.717) is 23.2 Å². The summed E-state index contributed by atoms with van der Waals surface area (Å²) in [6.07, 6.45) is 0. The summed E-state index contributed by atoms with van der Waals surface area (Å²) in [5.41, 5.74) is 0. The van der Waals surface area contributed by atoms with Crippen molar-refractivity contribution in [1.29, 1.82) is 0 Å². The Bertz CT molecular complexity index is 209. The first-order chi connectivity index (χ1) is 5.70. The van der Waals surface area contributed by atoms with Crippen molar-refractivity contribution in [1.82, 2.24) is 10.6 Å². The van der Waals surface area contributed by atoms with Gasteiger partial charge < -0.3 is 5.32 Å². The summed E-state index contributed by atoms with van der Waals surface area (Å²) in [6, 6.07) is 0. The summed E-state index contributed by atoms with van der Waals surface area (Å²) in [7, 11) is 0. The van der Waals surface area contributed by atoms with Gasteiger partial charge in [-0.15, -0.1) is 11.8 Å². The largest absolute Gasteiger partial charge is 0.343 e. The molecule has 0 aromatic carbocycles. The molecule has 1 amide bonds. The number of rotatable bonds is 0. The predicted molar refractivity (Wildman–Crippen MR) is 49.6 cm³/mol. The number of fused-ring (bicyclic) bond motifs is 1. The van der Waals surface area contributed by atoms with Crippen LogP contribution in [-0.2, 0) is 4.79 Å². The van der Waals surface area contributed by atoms with Gasteiger partial charge in [0.2, 0.25) is 5.91 Å². The van der Waals surface area contributed by atoms with E-state index in [9.17, 15) is 4.79 Å². The first-order valence-corrected chi connectivity index (χ1v) is 5.31. The maximum atomic E-state index is 11.5. The highest BCUT2D eigenvalue weighted by Crippen LogP contribution is 2.42. The minimum atomic E-state index is 0.179. The molecular formula is C8H14N2OS. The smallest absolute Gasteiger partial charge is 0.226 e. The van der Waals surface area contributed by atoms with Crippen molar-refractivity contribution in [3.63, 3.8) is 0 Å². The van der Waals surface area contributed by atoms with Gasteiger partial charge >= 0.3 is 0 Å². The lowest BCUT2D eigenvalue weighted by Gasteiger charge is -2.27. The monoisotopic (exact) mass is 186 g/mol. The average molecular weight is 186 g/mol. The summed E-state index contributed by atoms with van der Waals surface area (Å²) in [5, 5.41) is 7.09. The number of thioether (sulfide) groups is 1. The molecule has 2 fully saturated rings. The van der Waals surface area contributed by atoms with Gasteiger partial charge in [-0.3, -0.25) is 10.1 Å².